The molecule has 0 amide bonds. The summed E-state index contributed by atoms with van der Waals surface area (Å²) in [6.07, 6.45) is 1.54. The topological polar surface area (TPSA) is 79.6 Å². The summed E-state index contributed by atoms with van der Waals surface area (Å²) in [5.74, 6) is 0.468. The summed E-state index contributed by atoms with van der Waals surface area (Å²) in [6.45, 7) is 0. The average Bonchev–Trinajstić information content (AvgIpc) is 2.24. The van der Waals surface area contributed by atoms with Crippen molar-refractivity contribution in [1.82, 2.24) is 0 Å². The molecule has 1 aromatic rings. The quantitative estimate of drug-likeness (QED) is 0.348. The first-order valence-electron chi connectivity index (χ1n) is 1.88. The zero-order chi connectivity index (χ0) is 6.41. The van der Waals surface area contributed by atoms with Gasteiger partial charge < -0.3 is 10.2 Å². The normalized spacial score (nSPS) is 7.25. The fourth-order valence-corrected chi connectivity index (χ4v) is 0.291. The van der Waals surface area contributed by atoms with Gasteiger partial charge in [0.05, 0.1) is 6.26 Å². The third-order valence-electron chi connectivity index (χ3n) is 0.543. The van der Waals surface area contributed by atoms with E-state index in [4.69, 9.17) is 16.2 Å². The lowest BCUT2D eigenvalue weighted by atomic mass is 10.6. The van der Waals surface area contributed by atoms with E-state index in [1.807, 2.05) is 0 Å². The second-order valence-electron chi connectivity index (χ2n) is 1.02. The first-order chi connectivity index (χ1) is 3.89. The van der Waals surface area contributed by atoms with Gasteiger partial charge in [-0.15, -0.1) is 0 Å². The van der Waals surface area contributed by atoms with E-state index in [0.717, 1.165) is 0 Å². The van der Waals surface area contributed by atoms with Crippen LogP contribution < -0.4 is 5.73 Å². The summed E-state index contributed by atoms with van der Waals surface area (Å²) in [5.41, 5.74) is 5.11. The van der Waals surface area contributed by atoms with E-state index in [1.54, 1.807) is 12.1 Å². The number of nitrogen functional groups attached to an aromatic ring is 1. The lowest BCUT2D eigenvalue weighted by Crippen LogP contribution is -1.74. The Bertz CT molecular complexity index is 115. The molecule has 8 heavy (non-hydrogen) atoms. The molecule has 0 radical (unpaired) electrons. The molecule has 0 bridgehead atoms. The fraction of sp³-hybridized carbons (Fsp3) is 0. The van der Waals surface area contributed by atoms with Gasteiger partial charge in [0.1, 0.15) is 0 Å². The van der Waals surface area contributed by atoms with Crippen molar-refractivity contribution < 1.29 is 14.9 Å². The standard InChI is InChI=1S/C4H5NO.H2O2/c5-4-2-1-3-6-4;1-2/h1-3H,5H2;1-2H. The highest BCUT2D eigenvalue weighted by molar-refractivity contribution is 5.20. The third-order valence-corrected chi connectivity index (χ3v) is 0.543. The summed E-state index contributed by atoms with van der Waals surface area (Å²) >= 11 is 0. The summed E-state index contributed by atoms with van der Waals surface area (Å²) in [4.78, 5) is 0. The average molecular weight is 117 g/mol. The minimum atomic E-state index is 0.468. The minimum absolute atomic E-state index is 0.468. The van der Waals surface area contributed by atoms with Gasteiger partial charge in [0.15, 0.2) is 5.88 Å². The molecule has 4 nitrogen and oxygen atoms in total. The Morgan fingerprint density at radius 2 is 2.12 bits per heavy atom. The zero-order valence-electron chi connectivity index (χ0n) is 4.11. The van der Waals surface area contributed by atoms with Crippen LogP contribution in [0.25, 0.3) is 0 Å². The molecule has 0 aliphatic heterocycles. The molecule has 4 N–H and O–H groups in total. The Kier molecular flexibility index (Phi) is 3.65. The van der Waals surface area contributed by atoms with Crippen molar-refractivity contribution in [2.75, 3.05) is 5.73 Å². The zero-order valence-corrected chi connectivity index (χ0v) is 4.11. The summed E-state index contributed by atoms with van der Waals surface area (Å²) in [5, 5.41) is 12.0. The molecule has 0 aliphatic rings. The maximum atomic E-state index is 6.00. The highest BCUT2D eigenvalue weighted by Gasteiger charge is 1.76. The molecule has 1 heterocycles. The monoisotopic (exact) mass is 117 g/mol. The van der Waals surface area contributed by atoms with E-state index >= 15 is 0 Å². The van der Waals surface area contributed by atoms with Crippen molar-refractivity contribution >= 4 is 5.88 Å². The van der Waals surface area contributed by atoms with Gasteiger partial charge in [-0.2, -0.15) is 0 Å². The number of hydrogen-bond acceptors (Lipinski definition) is 4. The second kappa shape index (κ2) is 4.17. The Labute approximate surface area is 46.1 Å². The Balaban J connectivity index is 0.000000222. The van der Waals surface area contributed by atoms with Crippen LogP contribution in [0.3, 0.4) is 0 Å². The Hall–Kier alpha value is -1.00. The van der Waals surface area contributed by atoms with Crippen molar-refractivity contribution in [3.63, 3.8) is 0 Å². The second-order valence-corrected chi connectivity index (χ2v) is 1.02. The van der Waals surface area contributed by atoms with Crippen molar-refractivity contribution in [2.45, 2.75) is 0 Å². The van der Waals surface area contributed by atoms with Crippen LogP contribution in [-0.2, 0) is 0 Å². The highest BCUT2D eigenvalue weighted by atomic mass is 17.0. The number of anilines is 1. The van der Waals surface area contributed by atoms with E-state index in [0.29, 0.717) is 5.88 Å². The van der Waals surface area contributed by atoms with Crippen LogP contribution in [0.1, 0.15) is 0 Å². The van der Waals surface area contributed by atoms with Crippen LogP contribution in [-0.4, -0.2) is 10.5 Å². The van der Waals surface area contributed by atoms with Crippen LogP contribution in [0.4, 0.5) is 5.88 Å². The van der Waals surface area contributed by atoms with E-state index in [-0.39, 0.29) is 0 Å². The van der Waals surface area contributed by atoms with Gasteiger partial charge in [0.25, 0.3) is 0 Å². The Morgan fingerprint density at radius 1 is 1.50 bits per heavy atom. The molecule has 0 aliphatic carbocycles. The van der Waals surface area contributed by atoms with E-state index < -0.39 is 0 Å². The van der Waals surface area contributed by atoms with Gasteiger partial charge in [-0.3, -0.25) is 10.5 Å². The first-order valence-corrected chi connectivity index (χ1v) is 1.88. The molecule has 1 aromatic heterocycles. The molecule has 0 spiro atoms. The SMILES string of the molecule is Nc1ccco1.OO. The minimum Gasteiger partial charge on any atom is -0.449 e. The largest absolute Gasteiger partial charge is 0.449 e. The van der Waals surface area contributed by atoms with Gasteiger partial charge in [-0.25, -0.2) is 0 Å². The highest BCUT2D eigenvalue weighted by Crippen LogP contribution is 1.97. The Morgan fingerprint density at radius 3 is 2.25 bits per heavy atom. The lowest BCUT2D eigenvalue weighted by molar-refractivity contribution is -0.176. The van der Waals surface area contributed by atoms with E-state index in [1.165, 1.54) is 6.26 Å². The molecule has 0 aromatic carbocycles. The summed E-state index contributed by atoms with van der Waals surface area (Å²) in [6, 6.07) is 3.44. The molecule has 0 unspecified atom stereocenters. The molecule has 4 heteroatoms. The number of hydrogen-bond donors (Lipinski definition) is 3. The molecule has 0 saturated heterocycles. The van der Waals surface area contributed by atoms with Crippen LogP contribution in [0.15, 0.2) is 22.8 Å². The predicted octanol–water partition coefficient (Wildman–Crippen LogP) is 0.879. The molecule has 0 fully saturated rings. The summed E-state index contributed by atoms with van der Waals surface area (Å²) in [7, 11) is 0. The number of nitrogens with two attached hydrogens (primary N) is 1. The van der Waals surface area contributed by atoms with Gasteiger partial charge in [-0.05, 0) is 6.07 Å². The summed E-state index contributed by atoms with van der Waals surface area (Å²) < 4.78 is 4.61. The van der Waals surface area contributed by atoms with Gasteiger partial charge in [-0.1, -0.05) is 0 Å². The van der Waals surface area contributed by atoms with Gasteiger partial charge >= 0.3 is 0 Å². The maximum absolute atomic E-state index is 6.00. The van der Waals surface area contributed by atoms with Crippen molar-refractivity contribution in [1.29, 1.82) is 0 Å². The molecule has 1 rings (SSSR count). The van der Waals surface area contributed by atoms with Crippen molar-refractivity contribution in [3.8, 4) is 0 Å². The maximum Gasteiger partial charge on any atom is 0.190 e. The lowest BCUT2D eigenvalue weighted by Gasteiger charge is -1.70. The van der Waals surface area contributed by atoms with E-state index in [2.05, 4.69) is 4.42 Å². The van der Waals surface area contributed by atoms with Crippen molar-refractivity contribution in [2.24, 2.45) is 0 Å². The smallest absolute Gasteiger partial charge is 0.190 e. The molecular formula is C4H7NO3. The van der Waals surface area contributed by atoms with Gasteiger partial charge in [0, 0.05) is 6.07 Å². The molecule has 0 atom stereocenters. The van der Waals surface area contributed by atoms with Crippen LogP contribution in [0, 0.1) is 0 Å². The molecular weight excluding hydrogens is 110 g/mol. The van der Waals surface area contributed by atoms with Gasteiger partial charge in [0.2, 0.25) is 0 Å². The number of furan rings is 1. The fourth-order valence-electron chi connectivity index (χ4n) is 0.291. The van der Waals surface area contributed by atoms with Crippen LogP contribution >= 0.6 is 0 Å². The predicted molar refractivity (Wildman–Crippen MR) is 28.4 cm³/mol. The number of rotatable bonds is 0. The van der Waals surface area contributed by atoms with Crippen LogP contribution in [0.2, 0.25) is 0 Å². The van der Waals surface area contributed by atoms with Crippen LogP contribution in [0.5, 0.6) is 0 Å². The first kappa shape index (κ1) is 7.00. The third kappa shape index (κ3) is 2.22. The van der Waals surface area contributed by atoms with Crippen molar-refractivity contribution in [3.05, 3.63) is 18.4 Å². The van der Waals surface area contributed by atoms with E-state index in [9.17, 15) is 0 Å². The molecule has 46 valence electrons. The molecule has 0 saturated carbocycles.